The lowest BCUT2D eigenvalue weighted by molar-refractivity contribution is 0.0860. The number of piperidine rings is 1. The van der Waals surface area contributed by atoms with E-state index in [0.29, 0.717) is 12.4 Å². The molecule has 1 fully saturated rings. The largest absolute Gasteiger partial charge is 0.360 e. The predicted molar refractivity (Wildman–Crippen MR) is 120 cm³/mol. The molecular weight excluding hydrogens is 412 g/mol. The van der Waals surface area contributed by atoms with Crippen molar-refractivity contribution in [3.05, 3.63) is 56.7 Å². The van der Waals surface area contributed by atoms with Crippen LogP contribution in [0.15, 0.2) is 28.8 Å². The Kier molecular flexibility index (Phi) is 6.11. The lowest BCUT2D eigenvalue weighted by Crippen LogP contribution is -2.45. The molecule has 0 bridgehead atoms. The van der Waals surface area contributed by atoms with Crippen molar-refractivity contribution >= 4 is 23.0 Å². The van der Waals surface area contributed by atoms with Gasteiger partial charge in [-0.15, -0.1) is 11.3 Å². The maximum atomic E-state index is 13.0. The molecule has 1 aliphatic heterocycles. The molecule has 8 heteroatoms. The summed E-state index contributed by atoms with van der Waals surface area (Å²) in [6, 6.07) is 7.79. The number of carbonyl (C=O) groups is 2. The van der Waals surface area contributed by atoms with Crippen molar-refractivity contribution < 1.29 is 14.1 Å². The van der Waals surface area contributed by atoms with Crippen LogP contribution in [0.25, 0.3) is 5.82 Å². The Morgan fingerprint density at radius 3 is 2.52 bits per heavy atom. The van der Waals surface area contributed by atoms with E-state index in [2.05, 4.69) is 15.4 Å². The minimum Gasteiger partial charge on any atom is -0.360 e. The number of thiophene rings is 1. The maximum absolute atomic E-state index is 13.0. The van der Waals surface area contributed by atoms with Crippen molar-refractivity contribution in [3.63, 3.8) is 0 Å². The van der Waals surface area contributed by atoms with Crippen LogP contribution < -0.4 is 5.32 Å². The van der Waals surface area contributed by atoms with Crippen LogP contribution in [0.4, 0.5) is 0 Å². The summed E-state index contributed by atoms with van der Waals surface area (Å²) in [5.41, 5.74) is 2.56. The highest BCUT2D eigenvalue weighted by molar-refractivity contribution is 7.13. The highest BCUT2D eigenvalue weighted by Crippen LogP contribution is 2.22. The van der Waals surface area contributed by atoms with Crippen LogP contribution in [0.5, 0.6) is 0 Å². The summed E-state index contributed by atoms with van der Waals surface area (Å²) in [5, 5.41) is 7.22. The molecule has 164 valence electrons. The molecule has 1 amide bonds. The van der Waals surface area contributed by atoms with Crippen molar-refractivity contribution in [2.24, 2.45) is 0 Å². The second-order valence-electron chi connectivity index (χ2n) is 8.27. The molecule has 4 heterocycles. The molecule has 0 unspecified atom stereocenters. The topological polar surface area (TPSA) is 80.4 Å². The van der Waals surface area contributed by atoms with Gasteiger partial charge in [0.15, 0.2) is 11.6 Å². The van der Waals surface area contributed by atoms with Gasteiger partial charge in [-0.3, -0.25) is 19.1 Å². The number of ketones is 1. The molecule has 31 heavy (non-hydrogen) atoms. The van der Waals surface area contributed by atoms with Crippen molar-refractivity contribution in [3.8, 4) is 5.82 Å². The van der Waals surface area contributed by atoms with Gasteiger partial charge in [-0.2, -0.15) is 0 Å². The molecule has 0 aromatic carbocycles. The first-order chi connectivity index (χ1) is 14.8. The van der Waals surface area contributed by atoms with E-state index in [1.807, 2.05) is 56.5 Å². The molecule has 0 spiro atoms. The lowest BCUT2D eigenvalue weighted by atomic mass is 10.0. The Morgan fingerprint density at radius 1 is 1.16 bits per heavy atom. The highest BCUT2D eigenvalue weighted by atomic mass is 32.1. The molecule has 4 rings (SSSR count). The summed E-state index contributed by atoms with van der Waals surface area (Å²) in [5.74, 6) is 1.54. The standard InChI is InChI=1S/C23H28N4O3S/c1-14-11-19(17(4)27(14)22-12-15(2)30-25-22)20(28)13-26-9-7-18(8-10-26)24-23(29)21-6-5-16(3)31-21/h5-6,11-12,18H,7-10,13H2,1-4H3,(H,24,29). The number of hydrogen-bond acceptors (Lipinski definition) is 6. The number of aryl methyl sites for hydroxylation is 3. The summed E-state index contributed by atoms with van der Waals surface area (Å²) < 4.78 is 7.15. The maximum Gasteiger partial charge on any atom is 0.261 e. The van der Waals surface area contributed by atoms with E-state index in [4.69, 9.17) is 4.52 Å². The van der Waals surface area contributed by atoms with Gasteiger partial charge in [-0.05, 0) is 58.7 Å². The number of nitrogens with zero attached hydrogens (tertiary/aromatic N) is 3. The van der Waals surface area contributed by atoms with Gasteiger partial charge in [0, 0.05) is 47.0 Å². The van der Waals surface area contributed by atoms with Crippen LogP contribution in [-0.4, -0.2) is 52.0 Å². The molecule has 1 aliphatic rings. The number of amides is 1. The zero-order chi connectivity index (χ0) is 22.1. The van der Waals surface area contributed by atoms with Crippen molar-refractivity contribution in [1.82, 2.24) is 19.9 Å². The van der Waals surface area contributed by atoms with Crippen LogP contribution in [0.3, 0.4) is 0 Å². The summed E-state index contributed by atoms with van der Waals surface area (Å²) in [6.07, 6.45) is 1.70. The Morgan fingerprint density at radius 2 is 1.90 bits per heavy atom. The van der Waals surface area contributed by atoms with E-state index in [0.717, 1.165) is 58.4 Å². The number of hydrogen-bond donors (Lipinski definition) is 1. The van der Waals surface area contributed by atoms with Gasteiger partial charge in [0.2, 0.25) is 0 Å². The molecule has 0 radical (unpaired) electrons. The van der Waals surface area contributed by atoms with Crippen molar-refractivity contribution in [1.29, 1.82) is 0 Å². The summed E-state index contributed by atoms with van der Waals surface area (Å²) in [6.45, 7) is 9.73. The fourth-order valence-electron chi connectivity index (χ4n) is 4.19. The van der Waals surface area contributed by atoms with Gasteiger partial charge in [-0.1, -0.05) is 5.16 Å². The third-order valence-electron chi connectivity index (χ3n) is 5.83. The minimum atomic E-state index is 0.00293. The fraction of sp³-hybridized carbons (Fsp3) is 0.435. The van der Waals surface area contributed by atoms with E-state index in [1.165, 1.54) is 11.3 Å². The second-order valence-corrected chi connectivity index (χ2v) is 9.56. The van der Waals surface area contributed by atoms with Gasteiger partial charge in [0.1, 0.15) is 5.76 Å². The van der Waals surface area contributed by atoms with Gasteiger partial charge in [0.05, 0.1) is 11.4 Å². The lowest BCUT2D eigenvalue weighted by Gasteiger charge is -2.31. The molecule has 7 nitrogen and oxygen atoms in total. The average Bonchev–Trinajstić information content (AvgIpc) is 3.42. The monoisotopic (exact) mass is 440 g/mol. The zero-order valence-corrected chi connectivity index (χ0v) is 19.2. The van der Waals surface area contributed by atoms with Crippen molar-refractivity contribution in [2.75, 3.05) is 19.6 Å². The Bertz CT molecular complexity index is 1100. The van der Waals surface area contributed by atoms with E-state index >= 15 is 0 Å². The molecule has 0 atom stereocenters. The number of nitrogens with one attached hydrogen (secondary N) is 1. The SMILES string of the molecule is Cc1cc(-n2c(C)cc(C(=O)CN3CCC(NC(=O)c4ccc(C)s4)CC3)c2C)no1. The van der Waals surface area contributed by atoms with Gasteiger partial charge < -0.3 is 9.84 Å². The van der Waals surface area contributed by atoms with Crippen LogP contribution in [0.2, 0.25) is 0 Å². The van der Waals surface area contributed by atoms with Gasteiger partial charge in [-0.25, -0.2) is 0 Å². The molecule has 0 aliphatic carbocycles. The minimum absolute atomic E-state index is 0.00293. The number of Topliss-reactive ketones (excluding diaryl/α,β-unsaturated/α-hetero) is 1. The van der Waals surface area contributed by atoms with E-state index in [-0.39, 0.29) is 17.7 Å². The first kappa shape index (κ1) is 21.5. The number of aromatic nitrogens is 2. The zero-order valence-electron chi connectivity index (χ0n) is 18.4. The fourth-order valence-corrected chi connectivity index (χ4v) is 4.96. The first-order valence-corrected chi connectivity index (χ1v) is 11.4. The first-order valence-electron chi connectivity index (χ1n) is 10.6. The molecule has 1 saturated heterocycles. The smallest absolute Gasteiger partial charge is 0.261 e. The number of rotatable bonds is 6. The summed E-state index contributed by atoms with van der Waals surface area (Å²) >= 11 is 1.52. The van der Waals surface area contributed by atoms with Gasteiger partial charge >= 0.3 is 0 Å². The molecule has 1 N–H and O–H groups in total. The Balaban J connectivity index is 1.34. The molecule has 0 saturated carbocycles. The van der Waals surface area contributed by atoms with Crippen LogP contribution in [-0.2, 0) is 0 Å². The number of likely N-dealkylation sites (tertiary alicyclic amines) is 1. The van der Waals surface area contributed by atoms with Crippen LogP contribution in [0, 0.1) is 27.7 Å². The van der Waals surface area contributed by atoms with Crippen LogP contribution in [0.1, 0.15) is 54.9 Å². The van der Waals surface area contributed by atoms with Crippen molar-refractivity contribution in [2.45, 2.75) is 46.6 Å². The van der Waals surface area contributed by atoms with Gasteiger partial charge in [0.25, 0.3) is 5.91 Å². The molecule has 3 aromatic heterocycles. The highest BCUT2D eigenvalue weighted by Gasteiger charge is 2.25. The predicted octanol–water partition coefficient (Wildman–Crippen LogP) is 3.84. The Labute approximate surface area is 186 Å². The summed E-state index contributed by atoms with van der Waals surface area (Å²) in [7, 11) is 0. The van der Waals surface area contributed by atoms with E-state index in [1.54, 1.807) is 0 Å². The second kappa shape index (κ2) is 8.80. The molecule has 3 aromatic rings. The van der Waals surface area contributed by atoms with E-state index < -0.39 is 0 Å². The quantitative estimate of drug-likeness (QED) is 0.589. The third kappa shape index (κ3) is 4.65. The molecular formula is C23H28N4O3S. The van der Waals surface area contributed by atoms with Crippen LogP contribution >= 0.6 is 11.3 Å². The Hall–Kier alpha value is -2.71. The third-order valence-corrected chi connectivity index (χ3v) is 6.83. The number of carbonyl (C=O) groups excluding carboxylic acids is 2. The van der Waals surface area contributed by atoms with E-state index in [9.17, 15) is 9.59 Å². The summed E-state index contributed by atoms with van der Waals surface area (Å²) in [4.78, 5) is 29.5. The average molecular weight is 441 g/mol. The normalized spacial score (nSPS) is 15.4.